The topological polar surface area (TPSA) is 39.2 Å². The molecule has 2 aromatic rings. The minimum Gasteiger partial charge on any atom is -0.459 e. The van der Waals surface area contributed by atoms with E-state index in [1.165, 1.54) is 22.1 Å². The first-order valence-corrected chi connectivity index (χ1v) is 4.83. The highest BCUT2D eigenvalue weighted by Gasteiger charge is 2.12. The number of fused-ring (bicyclic) bond motifs is 1. The van der Waals surface area contributed by atoms with Crippen molar-refractivity contribution in [3.05, 3.63) is 34.6 Å². The average molecular weight is 189 g/mol. The number of hydrogen-bond acceptors (Lipinski definition) is 2. The molecule has 1 heterocycles. The summed E-state index contributed by atoms with van der Waals surface area (Å²) >= 11 is 0. The van der Waals surface area contributed by atoms with E-state index in [9.17, 15) is 0 Å². The van der Waals surface area contributed by atoms with E-state index < -0.39 is 0 Å². The van der Waals surface area contributed by atoms with Gasteiger partial charge in [-0.05, 0) is 37.5 Å². The Morgan fingerprint density at radius 3 is 2.36 bits per heavy atom. The van der Waals surface area contributed by atoms with Gasteiger partial charge in [-0.3, -0.25) is 0 Å². The molecule has 0 aliphatic rings. The van der Waals surface area contributed by atoms with Crippen molar-refractivity contribution >= 4 is 11.0 Å². The molecule has 2 nitrogen and oxygen atoms in total. The summed E-state index contributed by atoms with van der Waals surface area (Å²) < 4.78 is 5.73. The molecule has 1 aromatic heterocycles. The van der Waals surface area contributed by atoms with Gasteiger partial charge in [-0.2, -0.15) is 0 Å². The minimum atomic E-state index is 0.472. The molecule has 2 rings (SSSR count). The third-order valence-corrected chi connectivity index (χ3v) is 2.77. The highest BCUT2D eigenvalue weighted by molar-refractivity contribution is 5.87. The molecule has 14 heavy (non-hydrogen) atoms. The molecule has 0 radical (unpaired) electrons. The van der Waals surface area contributed by atoms with Crippen LogP contribution in [0.5, 0.6) is 0 Å². The van der Waals surface area contributed by atoms with E-state index in [4.69, 9.17) is 10.2 Å². The largest absolute Gasteiger partial charge is 0.459 e. The van der Waals surface area contributed by atoms with Crippen LogP contribution < -0.4 is 5.73 Å². The van der Waals surface area contributed by atoms with Gasteiger partial charge in [0.05, 0.1) is 6.54 Å². The van der Waals surface area contributed by atoms with Crippen LogP contribution in [0.1, 0.15) is 22.5 Å². The Bertz CT molecular complexity index is 483. The minimum absolute atomic E-state index is 0.472. The molecule has 2 heteroatoms. The van der Waals surface area contributed by atoms with Gasteiger partial charge in [-0.15, -0.1) is 0 Å². The zero-order valence-electron chi connectivity index (χ0n) is 8.85. The molecule has 0 aliphatic carbocycles. The molecule has 0 aliphatic heterocycles. The van der Waals surface area contributed by atoms with E-state index in [0.717, 1.165) is 11.3 Å². The van der Waals surface area contributed by atoms with Gasteiger partial charge in [-0.1, -0.05) is 12.1 Å². The summed E-state index contributed by atoms with van der Waals surface area (Å²) in [6, 6.07) is 4.21. The number of aryl methyl sites for hydroxylation is 3. The molecule has 1 aromatic carbocycles. The Labute approximate surface area is 83.7 Å². The van der Waals surface area contributed by atoms with Crippen LogP contribution in [0, 0.1) is 20.8 Å². The summed E-state index contributed by atoms with van der Waals surface area (Å²) in [5.41, 5.74) is 10.2. The Hall–Kier alpha value is -1.28. The highest BCUT2D eigenvalue weighted by Crippen LogP contribution is 2.30. The molecule has 74 valence electrons. The van der Waals surface area contributed by atoms with Gasteiger partial charge in [0.25, 0.3) is 0 Å². The quantitative estimate of drug-likeness (QED) is 0.749. The van der Waals surface area contributed by atoms with Gasteiger partial charge in [0, 0.05) is 5.39 Å². The van der Waals surface area contributed by atoms with Crippen molar-refractivity contribution in [2.45, 2.75) is 27.3 Å². The van der Waals surface area contributed by atoms with Crippen molar-refractivity contribution in [1.82, 2.24) is 0 Å². The van der Waals surface area contributed by atoms with Crippen molar-refractivity contribution in [3.63, 3.8) is 0 Å². The molecule has 2 N–H and O–H groups in total. The maximum Gasteiger partial charge on any atom is 0.137 e. The Morgan fingerprint density at radius 2 is 1.79 bits per heavy atom. The van der Waals surface area contributed by atoms with Gasteiger partial charge < -0.3 is 10.2 Å². The van der Waals surface area contributed by atoms with Gasteiger partial charge in [0.1, 0.15) is 11.3 Å². The summed E-state index contributed by atoms with van der Waals surface area (Å²) in [6.07, 6.45) is 0. The SMILES string of the molecule is Cc1ccc(C)c2c(C)c(CN)oc12. The fourth-order valence-electron chi connectivity index (χ4n) is 1.92. The van der Waals surface area contributed by atoms with Gasteiger partial charge in [0.2, 0.25) is 0 Å². The molecular formula is C12H15NO. The smallest absolute Gasteiger partial charge is 0.137 e. The lowest BCUT2D eigenvalue weighted by molar-refractivity contribution is 0.547. The van der Waals surface area contributed by atoms with Crippen LogP contribution in [-0.2, 0) is 6.54 Å². The second kappa shape index (κ2) is 3.14. The van der Waals surface area contributed by atoms with Gasteiger partial charge >= 0.3 is 0 Å². The normalized spacial score (nSPS) is 11.1. The average Bonchev–Trinajstić information content (AvgIpc) is 2.51. The van der Waals surface area contributed by atoms with E-state index in [1.54, 1.807) is 0 Å². The van der Waals surface area contributed by atoms with E-state index in [0.29, 0.717) is 6.54 Å². The van der Waals surface area contributed by atoms with Crippen LogP contribution in [0.3, 0.4) is 0 Å². The predicted octanol–water partition coefficient (Wildman–Crippen LogP) is 2.82. The molecule has 0 bridgehead atoms. The molecule has 0 saturated carbocycles. The maximum absolute atomic E-state index is 5.73. The summed E-state index contributed by atoms with van der Waals surface area (Å²) in [5, 5.41) is 1.23. The zero-order valence-corrected chi connectivity index (χ0v) is 8.85. The molecule has 0 saturated heterocycles. The summed E-state index contributed by atoms with van der Waals surface area (Å²) in [4.78, 5) is 0. The van der Waals surface area contributed by atoms with Crippen LogP contribution in [0.4, 0.5) is 0 Å². The van der Waals surface area contributed by atoms with Gasteiger partial charge in [0.15, 0.2) is 0 Å². The van der Waals surface area contributed by atoms with Crippen LogP contribution in [0.15, 0.2) is 16.5 Å². The van der Waals surface area contributed by atoms with Crippen LogP contribution in [0.2, 0.25) is 0 Å². The van der Waals surface area contributed by atoms with E-state index in [-0.39, 0.29) is 0 Å². The number of furan rings is 1. The fourth-order valence-corrected chi connectivity index (χ4v) is 1.92. The molecule has 0 fully saturated rings. The molecule has 0 unspecified atom stereocenters. The van der Waals surface area contributed by atoms with Crippen molar-refractivity contribution < 1.29 is 4.42 Å². The second-order valence-corrected chi connectivity index (χ2v) is 3.76. The van der Waals surface area contributed by atoms with Crippen LogP contribution in [-0.4, -0.2) is 0 Å². The van der Waals surface area contributed by atoms with Crippen molar-refractivity contribution in [2.75, 3.05) is 0 Å². The summed E-state index contributed by atoms with van der Waals surface area (Å²) in [5.74, 6) is 0.900. The summed E-state index contributed by atoms with van der Waals surface area (Å²) in [6.45, 7) is 6.70. The Balaban J connectivity index is 2.90. The Kier molecular flexibility index (Phi) is 2.08. The third kappa shape index (κ3) is 1.15. The first-order chi connectivity index (χ1) is 6.65. The molecule has 0 spiro atoms. The zero-order chi connectivity index (χ0) is 10.3. The standard InChI is InChI=1S/C12H15NO/c1-7-4-5-8(2)12-11(7)9(3)10(6-13)14-12/h4-5H,6,13H2,1-3H3. The van der Waals surface area contributed by atoms with E-state index in [1.807, 2.05) is 0 Å². The molecule has 0 amide bonds. The predicted molar refractivity (Wildman–Crippen MR) is 58.3 cm³/mol. The summed E-state index contributed by atoms with van der Waals surface area (Å²) in [7, 11) is 0. The lowest BCUT2D eigenvalue weighted by Crippen LogP contribution is -1.95. The fraction of sp³-hybridized carbons (Fsp3) is 0.333. The second-order valence-electron chi connectivity index (χ2n) is 3.76. The van der Waals surface area contributed by atoms with Crippen molar-refractivity contribution in [1.29, 1.82) is 0 Å². The number of hydrogen-bond donors (Lipinski definition) is 1. The van der Waals surface area contributed by atoms with Crippen LogP contribution >= 0.6 is 0 Å². The van der Waals surface area contributed by atoms with Crippen molar-refractivity contribution in [3.8, 4) is 0 Å². The maximum atomic E-state index is 5.73. The first kappa shape index (κ1) is 9.28. The molecular weight excluding hydrogens is 174 g/mol. The number of nitrogens with two attached hydrogens (primary N) is 1. The van der Waals surface area contributed by atoms with Crippen molar-refractivity contribution in [2.24, 2.45) is 5.73 Å². The first-order valence-electron chi connectivity index (χ1n) is 4.83. The third-order valence-electron chi connectivity index (χ3n) is 2.77. The lowest BCUT2D eigenvalue weighted by atomic mass is 10.0. The monoisotopic (exact) mass is 189 g/mol. The molecule has 0 atom stereocenters. The number of benzene rings is 1. The Morgan fingerprint density at radius 1 is 1.14 bits per heavy atom. The van der Waals surface area contributed by atoms with Crippen LogP contribution in [0.25, 0.3) is 11.0 Å². The van der Waals surface area contributed by atoms with E-state index >= 15 is 0 Å². The van der Waals surface area contributed by atoms with E-state index in [2.05, 4.69) is 32.9 Å². The van der Waals surface area contributed by atoms with Gasteiger partial charge in [-0.25, -0.2) is 0 Å². The highest BCUT2D eigenvalue weighted by atomic mass is 16.3. The number of rotatable bonds is 1. The lowest BCUT2D eigenvalue weighted by Gasteiger charge is -1.98.